The maximum Gasteiger partial charge on any atom is 0.162 e. The van der Waals surface area contributed by atoms with Crippen LogP contribution in [-0.4, -0.2) is 11.4 Å². The van der Waals surface area contributed by atoms with Crippen molar-refractivity contribution < 1.29 is 9.53 Å². The fourth-order valence-corrected chi connectivity index (χ4v) is 2.28. The molecule has 1 fully saturated rings. The van der Waals surface area contributed by atoms with Crippen LogP contribution >= 0.6 is 0 Å². The number of carbonyl (C=O) groups is 1. The zero-order valence-corrected chi connectivity index (χ0v) is 8.25. The number of allylic oxidation sites excluding steroid dienone is 1. The molecular formula is C11H16O2. The lowest BCUT2D eigenvalue weighted by atomic mass is 9.64. The van der Waals surface area contributed by atoms with Crippen LogP contribution in [0.4, 0.5) is 0 Å². The van der Waals surface area contributed by atoms with Gasteiger partial charge in [0.2, 0.25) is 0 Å². The molecule has 72 valence electrons. The van der Waals surface area contributed by atoms with Gasteiger partial charge < -0.3 is 4.74 Å². The molecule has 13 heavy (non-hydrogen) atoms. The second kappa shape index (κ2) is 2.86. The third-order valence-electron chi connectivity index (χ3n) is 3.28. The van der Waals surface area contributed by atoms with E-state index < -0.39 is 0 Å². The summed E-state index contributed by atoms with van der Waals surface area (Å²) in [6.07, 6.45) is 5.81. The molecule has 0 aromatic heterocycles. The highest BCUT2D eigenvalue weighted by Crippen LogP contribution is 2.48. The van der Waals surface area contributed by atoms with E-state index in [0.717, 1.165) is 24.7 Å². The molecule has 0 N–H and O–H groups in total. The number of rotatable bonds is 1. The molecule has 0 amide bonds. The van der Waals surface area contributed by atoms with Gasteiger partial charge in [-0.25, -0.2) is 0 Å². The number of carbonyl (C=O) groups excluding carboxylic acids is 1. The third kappa shape index (κ3) is 1.50. The Morgan fingerprint density at radius 2 is 2.23 bits per heavy atom. The lowest BCUT2D eigenvalue weighted by Crippen LogP contribution is -2.49. The summed E-state index contributed by atoms with van der Waals surface area (Å²) < 4.78 is 5.55. The van der Waals surface area contributed by atoms with E-state index in [2.05, 4.69) is 13.8 Å². The van der Waals surface area contributed by atoms with Crippen molar-refractivity contribution in [3.63, 3.8) is 0 Å². The lowest BCUT2D eigenvalue weighted by Gasteiger charge is -2.49. The monoisotopic (exact) mass is 180 g/mol. The second-order valence-electron chi connectivity index (χ2n) is 4.66. The number of ketones is 1. The van der Waals surface area contributed by atoms with Crippen LogP contribution in [0.15, 0.2) is 12.3 Å². The van der Waals surface area contributed by atoms with Gasteiger partial charge in [0.15, 0.2) is 5.78 Å². The summed E-state index contributed by atoms with van der Waals surface area (Å²) in [7, 11) is 0. The highest BCUT2D eigenvalue weighted by molar-refractivity contribution is 5.91. The fourth-order valence-electron chi connectivity index (χ4n) is 2.28. The Bertz CT molecular complexity index is 247. The maximum atomic E-state index is 11.2. The number of ether oxygens (including phenoxy) is 1. The molecule has 0 aromatic carbocycles. The van der Waals surface area contributed by atoms with Gasteiger partial charge in [-0.2, -0.15) is 0 Å². The van der Waals surface area contributed by atoms with Crippen LogP contribution in [0.1, 0.15) is 33.1 Å². The molecule has 0 atom stereocenters. The molecule has 0 aromatic rings. The fraction of sp³-hybridized carbons (Fsp3) is 0.727. The van der Waals surface area contributed by atoms with E-state index in [-0.39, 0.29) is 11.4 Å². The topological polar surface area (TPSA) is 26.3 Å². The molecule has 0 saturated heterocycles. The molecule has 1 heterocycles. The zero-order chi connectivity index (χ0) is 9.47. The van der Waals surface area contributed by atoms with Gasteiger partial charge in [-0.15, -0.1) is 0 Å². The predicted octanol–water partition coefficient (Wildman–Crippen LogP) is 2.29. The first-order valence-electron chi connectivity index (χ1n) is 4.98. The zero-order valence-electron chi connectivity index (χ0n) is 8.25. The Kier molecular flexibility index (Phi) is 1.94. The van der Waals surface area contributed by atoms with Gasteiger partial charge >= 0.3 is 0 Å². The Labute approximate surface area is 79.0 Å². The SMILES string of the molecule is CC(C)C1CC2(CC(=O)C=CO2)C1. The summed E-state index contributed by atoms with van der Waals surface area (Å²) in [6, 6.07) is 0. The first-order chi connectivity index (χ1) is 6.11. The minimum absolute atomic E-state index is 0.110. The molecule has 0 unspecified atom stereocenters. The minimum atomic E-state index is -0.110. The van der Waals surface area contributed by atoms with Gasteiger partial charge in [0.1, 0.15) is 5.60 Å². The van der Waals surface area contributed by atoms with E-state index in [1.165, 1.54) is 6.08 Å². The van der Waals surface area contributed by atoms with Crippen molar-refractivity contribution >= 4 is 5.78 Å². The molecule has 1 saturated carbocycles. The standard InChI is InChI=1S/C11H16O2/c1-8(2)9-5-11(6-9)7-10(12)3-4-13-11/h3-4,8-9H,5-7H2,1-2H3. The highest BCUT2D eigenvalue weighted by Gasteiger charge is 2.48. The van der Waals surface area contributed by atoms with Crippen molar-refractivity contribution in [1.82, 2.24) is 0 Å². The summed E-state index contributed by atoms with van der Waals surface area (Å²) in [6.45, 7) is 4.47. The van der Waals surface area contributed by atoms with E-state index in [4.69, 9.17) is 4.74 Å². The van der Waals surface area contributed by atoms with Crippen LogP contribution in [0.25, 0.3) is 0 Å². The van der Waals surface area contributed by atoms with Gasteiger partial charge in [-0.3, -0.25) is 4.79 Å². The molecule has 2 aliphatic rings. The molecule has 0 radical (unpaired) electrons. The Morgan fingerprint density at radius 3 is 2.77 bits per heavy atom. The van der Waals surface area contributed by atoms with Gasteiger partial charge in [-0.1, -0.05) is 13.8 Å². The second-order valence-corrected chi connectivity index (χ2v) is 4.66. The average molecular weight is 180 g/mol. The average Bonchev–Trinajstić information content (AvgIpc) is 1.99. The van der Waals surface area contributed by atoms with Gasteiger partial charge in [0, 0.05) is 6.08 Å². The largest absolute Gasteiger partial charge is 0.494 e. The van der Waals surface area contributed by atoms with Crippen molar-refractivity contribution in [2.75, 3.05) is 0 Å². The van der Waals surface area contributed by atoms with Gasteiger partial charge in [0.25, 0.3) is 0 Å². The van der Waals surface area contributed by atoms with Crippen LogP contribution in [0.3, 0.4) is 0 Å². The van der Waals surface area contributed by atoms with E-state index in [1.54, 1.807) is 6.26 Å². The van der Waals surface area contributed by atoms with Crippen LogP contribution in [0.5, 0.6) is 0 Å². The summed E-state index contributed by atoms with van der Waals surface area (Å²) in [5.74, 6) is 1.68. The summed E-state index contributed by atoms with van der Waals surface area (Å²) in [4.78, 5) is 11.2. The van der Waals surface area contributed by atoms with Gasteiger partial charge in [-0.05, 0) is 24.7 Å². The first-order valence-corrected chi connectivity index (χ1v) is 4.98. The molecule has 1 spiro atoms. The Morgan fingerprint density at radius 1 is 1.54 bits per heavy atom. The normalized spacial score (nSPS) is 37.8. The molecule has 1 aliphatic heterocycles. The summed E-state index contributed by atoms with van der Waals surface area (Å²) in [5.41, 5.74) is -0.110. The third-order valence-corrected chi connectivity index (χ3v) is 3.28. The summed E-state index contributed by atoms with van der Waals surface area (Å²) >= 11 is 0. The quantitative estimate of drug-likeness (QED) is 0.619. The van der Waals surface area contributed by atoms with Crippen molar-refractivity contribution in [1.29, 1.82) is 0 Å². The van der Waals surface area contributed by atoms with E-state index in [9.17, 15) is 4.79 Å². The van der Waals surface area contributed by atoms with Gasteiger partial charge in [0.05, 0.1) is 12.7 Å². The van der Waals surface area contributed by atoms with E-state index in [1.807, 2.05) is 0 Å². The van der Waals surface area contributed by atoms with Crippen molar-refractivity contribution in [3.05, 3.63) is 12.3 Å². The van der Waals surface area contributed by atoms with Crippen LogP contribution in [-0.2, 0) is 9.53 Å². The number of hydrogen-bond donors (Lipinski definition) is 0. The maximum absolute atomic E-state index is 11.2. The lowest BCUT2D eigenvalue weighted by molar-refractivity contribution is -0.138. The van der Waals surface area contributed by atoms with Crippen LogP contribution in [0, 0.1) is 11.8 Å². The van der Waals surface area contributed by atoms with Crippen molar-refractivity contribution in [2.24, 2.45) is 11.8 Å². The molecule has 1 aliphatic carbocycles. The number of hydrogen-bond acceptors (Lipinski definition) is 2. The Balaban J connectivity index is 1.96. The van der Waals surface area contributed by atoms with Crippen LogP contribution < -0.4 is 0 Å². The van der Waals surface area contributed by atoms with Crippen LogP contribution in [0.2, 0.25) is 0 Å². The van der Waals surface area contributed by atoms with Crippen molar-refractivity contribution in [2.45, 2.75) is 38.7 Å². The van der Waals surface area contributed by atoms with Crippen molar-refractivity contribution in [3.8, 4) is 0 Å². The predicted molar refractivity (Wildman–Crippen MR) is 50.1 cm³/mol. The Hall–Kier alpha value is -0.790. The highest BCUT2D eigenvalue weighted by atomic mass is 16.5. The van der Waals surface area contributed by atoms with E-state index >= 15 is 0 Å². The molecule has 2 nitrogen and oxygen atoms in total. The molecule has 2 heteroatoms. The minimum Gasteiger partial charge on any atom is -0.494 e. The molecular weight excluding hydrogens is 164 g/mol. The smallest absolute Gasteiger partial charge is 0.162 e. The summed E-state index contributed by atoms with van der Waals surface area (Å²) in [5, 5.41) is 0. The molecule has 0 bridgehead atoms. The molecule has 2 rings (SSSR count). The first kappa shape index (κ1) is 8.79. The van der Waals surface area contributed by atoms with E-state index in [0.29, 0.717) is 6.42 Å².